The third-order valence-electron chi connectivity index (χ3n) is 4.27. The number of non-ortho nitro benzene ring substituents is 1. The van der Waals surface area contributed by atoms with E-state index in [1.165, 1.54) is 25.3 Å². The zero-order valence-corrected chi connectivity index (χ0v) is 17.2. The van der Waals surface area contributed by atoms with Crippen LogP contribution in [0.15, 0.2) is 48.5 Å². The molecule has 1 amide bonds. The Labute approximate surface area is 169 Å². The van der Waals surface area contributed by atoms with Gasteiger partial charge in [0.1, 0.15) is 11.8 Å². The standard InChI is InChI=1S/C19H23N3O6S/c1-4-17(19(23)20-13-14-8-5-6-11-18(14)28-2)21(29(3,26)27)15-9-7-10-16(12-15)22(24)25/h5-12,17H,4,13H2,1-3H3,(H,20,23). The molecule has 1 atom stereocenters. The Bertz CT molecular complexity index is 993. The van der Waals surface area contributed by atoms with E-state index in [9.17, 15) is 23.3 Å². The topological polar surface area (TPSA) is 119 Å². The molecule has 9 nitrogen and oxygen atoms in total. The molecule has 10 heteroatoms. The number of nitrogens with zero attached hydrogens (tertiary/aromatic N) is 2. The maximum Gasteiger partial charge on any atom is 0.271 e. The van der Waals surface area contributed by atoms with Crippen LogP contribution in [-0.2, 0) is 21.4 Å². The van der Waals surface area contributed by atoms with Gasteiger partial charge in [-0.25, -0.2) is 8.42 Å². The van der Waals surface area contributed by atoms with E-state index in [2.05, 4.69) is 5.32 Å². The molecule has 0 saturated carbocycles. The average Bonchev–Trinajstić information content (AvgIpc) is 2.69. The summed E-state index contributed by atoms with van der Waals surface area (Å²) in [6.45, 7) is 1.81. The van der Waals surface area contributed by atoms with E-state index in [-0.39, 0.29) is 24.3 Å². The lowest BCUT2D eigenvalue weighted by Gasteiger charge is -2.30. The van der Waals surface area contributed by atoms with Crippen molar-refractivity contribution in [1.29, 1.82) is 0 Å². The monoisotopic (exact) mass is 421 g/mol. The molecule has 0 spiro atoms. The number of para-hydroxylation sites is 1. The molecule has 2 rings (SSSR count). The van der Waals surface area contributed by atoms with Crippen LogP contribution in [-0.4, -0.2) is 38.7 Å². The van der Waals surface area contributed by atoms with Crippen LogP contribution in [0.25, 0.3) is 0 Å². The lowest BCUT2D eigenvalue weighted by Crippen LogP contribution is -2.49. The molecule has 156 valence electrons. The molecule has 0 saturated heterocycles. The predicted octanol–water partition coefficient (Wildman–Crippen LogP) is 2.46. The highest BCUT2D eigenvalue weighted by molar-refractivity contribution is 7.92. The number of rotatable bonds is 9. The number of anilines is 1. The van der Waals surface area contributed by atoms with E-state index in [1.807, 2.05) is 0 Å². The van der Waals surface area contributed by atoms with E-state index in [0.29, 0.717) is 5.75 Å². The van der Waals surface area contributed by atoms with Crippen molar-refractivity contribution in [3.05, 3.63) is 64.2 Å². The van der Waals surface area contributed by atoms with Gasteiger partial charge in [-0.05, 0) is 18.6 Å². The summed E-state index contributed by atoms with van der Waals surface area (Å²) in [5, 5.41) is 13.8. The number of nitro groups is 1. The van der Waals surface area contributed by atoms with Crippen LogP contribution in [0.2, 0.25) is 0 Å². The average molecular weight is 421 g/mol. The van der Waals surface area contributed by atoms with Gasteiger partial charge in [0.25, 0.3) is 5.69 Å². The molecule has 1 N–H and O–H groups in total. The summed E-state index contributed by atoms with van der Waals surface area (Å²) < 4.78 is 31.1. The van der Waals surface area contributed by atoms with E-state index < -0.39 is 26.9 Å². The molecular weight excluding hydrogens is 398 g/mol. The zero-order valence-electron chi connectivity index (χ0n) is 16.4. The van der Waals surface area contributed by atoms with Gasteiger partial charge in [-0.1, -0.05) is 31.2 Å². The molecule has 0 aliphatic carbocycles. The number of hydrogen-bond acceptors (Lipinski definition) is 6. The Morgan fingerprint density at radius 3 is 2.52 bits per heavy atom. The Kier molecular flexibility index (Phi) is 7.16. The summed E-state index contributed by atoms with van der Waals surface area (Å²) in [5.74, 6) is 0.0786. The van der Waals surface area contributed by atoms with Gasteiger partial charge in [0, 0.05) is 24.2 Å². The molecule has 0 fully saturated rings. The van der Waals surface area contributed by atoms with Gasteiger partial charge in [-0.2, -0.15) is 0 Å². The second-order valence-corrected chi connectivity index (χ2v) is 8.15. The van der Waals surface area contributed by atoms with Crippen molar-refractivity contribution >= 4 is 27.3 Å². The molecule has 2 aromatic rings. The summed E-state index contributed by atoms with van der Waals surface area (Å²) in [7, 11) is -2.37. The SMILES string of the molecule is CCC(C(=O)NCc1ccccc1OC)N(c1cccc([N+](=O)[O-])c1)S(C)(=O)=O. The fraction of sp³-hybridized carbons (Fsp3) is 0.316. The summed E-state index contributed by atoms with van der Waals surface area (Å²) in [6, 6.07) is 11.3. The number of methoxy groups -OCH3 is 1. The van der Waals surface area contributed by atoms with Crippen LogP contribution in [0.4, 0.5) is 11.4 Å². The van der Waals surface area contributed by atoms with E-state index in [1.54, 1.807) is 31.2 Å². The third kappa shape index (κ3) is 5.44. The number of amides is 1. The van der Waals surface area contributed by atoms with Crippen LogP contribution < -0.4 is 14.4 Å². The highest BCUT2D eigenvalue weighted by Crippen LogP contribution is 2.26. The lowest BCUT2D eigenvalue weighted by molar-refractivity contribution is -0.384. The van der Waals surface area contributed by atoms with Crippen LogP contribution in [0.5, 0.6) is 5.75 Å². The summed E-state index contributed by atoms with van der Waals surface area (Å²) in [4.78, 5) is 23.3. The maximum atomic E-state index is 12.8. The largest absolute Gasteiger partial charge is 0.496 e. The molecule has 0 radical (unpaired) electrons. The van der Waals surface area contributed by atoms with Crippen LogP contribution in [0.3, 0.4) is 0 Å². The van der Waals surface area contributed by atoms with Crippen LogP contribution in [0.1, 0.15) is 18.9 Å². The fourth-order valence-corrected chi connectivity index (χ4v) is 4.16. The van der Waals surface area contributed by atoms with E-state index in [0.717, 1.165) is 22.2 Å². The Balaban J connectivity index is 2.32. The number of carbonyl (C=O) groups is 1. The highest BCUT2D eigenvalue weighted by Gasteiger charge is 2.32. The molecule has 0 aliphatic rings. The lowest BCUT2D eigenvalue weighted by atomic mass is 10.1. The first-order chi connectivity index (χ1) is 13.7. The van der Waals surface area contributed by atoms with Gasteiger partial charge in [-0.3, -0.25) is 19.2 Å². The summed E-state index contributed by atoms with van der Waals surface area (Å²) in [5.41, 5.74) is 0.529. The van der Waals surface area contributed by atoms with Crippen molar-refractivity contribution in [2.24, 2.45) is 0 Å². The molecule has 1 unspecified atom stereocenters. The molecule has 0 aliphatic heterocycles. The number of carbonyl (C=O) groups excluding carboxylic acids is 1. The zero-order chi connectivity index (χ0) is 21.6. The van der Waals surface area contributed by atoms with Crippen molar-refractivity contribution in [3.8, 4) is 5.75 Å². The maximum absolute atomic E-state index is 12.8. The highest BCUT2D eigenvalue weighted by atomic mass is 32.2. The number of sulfonamides is 1. The van der Waals surface area contributed by atoms with Crippen molar-refractivity contribution < 1.29 is 22.9 Å². The minimum atomic E-state index is -3.89. The van der Waals surface area contributed by atoms with Gasteiger partial charge in [-0.15, -0.1) is 0 Å². The van der Waals surface area contributed by atoms with Gasteiger partial charge in [0.15, 0.2) is 0 Å². The van der Waals surface area contributed by atoms with Crippen molar-refractivity contribution in [1.82, 2.24) is 5.32 Å². The van der Waals surface area contributed by atoms with Gasteiger partial charge < -0.3 is 10.1 Å². The van der Waals surface area contributed by atoms with Gasteiger partial charge in [0.2, 0.25) is 15.9 Å². The Morgan fingerprint density at radius 2 is 1.93 bits per heavy atom. The number of benzene rings is 2. The van der Waals surface area contributed by atoms with E-state index >= 15 is 0 Å². The van der Waals surface area contributed by atoms with Crippen LogP contribution in [0, 0.1) is 10.1 Å². The summed E-state index contributed by atoms with van der Waals surface area (Å²) >= 11 is 0. The first-order valence-corrected chi connectivity index (χ1v) is 10.7. The second-order valence-electron chi connectivity index (χ2n) is 6.29. The quantitative estimate of drug-likeness (QED) is 0.491. The first-order valence-electron chi connectivity index (χ1n) is 8.82. The molecule has 0 aromatic heterocycles. The molecular formula is C19H23N3O6S. The number of nitrogens with one attached hydrogen (secondary N) is 1. The Morgan fingerprint density at radius 1 is 1.24 bits per heavy atom. The predicted molar refractivity (Wildman–Crippen MR) is 109 cm³/mol. The number of nitro benzene ring substituents is 1. The van der Waals surface area contributed by atoms with Crippen LogP contribution >= 0.6 is 0 Å². The molecule has 29 heavy (non-hydrogen) atoms. The fourth-order valence-electron chi connectivity index (χ4n) is 2.95. The number of hydrogen-bond donors (Lipinski definition) is 1. The van der Waals surface area contributed by atoms with Gasteiger partial charge in [0.05, 0.1) is 24.0 Å². The Hall–Kier alpha value is -3.14. The minimum Gasteiger partial charge on any atom is -0.496 e. The molecule has 2 aromatic carbocycles. The smallest absolute Gasteiger partial charge is 0.271 e. The second kappa shape index (κ2) is 9.37. The van der Waals surface area contributed by atoms with E-state index in [4.69, 9.17) is 4.74 Å². The van der Waals surface area contributed by atoms with Crippen molar-refractivity contribution in [2.75, 3.05) is 17.7 Å². The summed E-state index contributed by atoms with van der Waals surface area (Å²) in [6.07, 6.45) is 1.13. The normalized spacial score (nSPS) is 12.1. The molecule has 0 bridgehead atoms. The molecule has 0 heterocycles. The third-order valence-corrected chi connectivity index (χ3v) is 5.45. The van der Waals surface area contributed by atoms with Crippen molar-refractivity contribution in [2.45, 2.75) is 25.9 Å². The van der Waals surface area contributed by atoms with Gasteiger partial charge >= 0.3 is 0 Å². The minimum absolute atomic E-state index is 0.0565. The first kappa shape index (κ1) is 22.2. The number of ether oxygens (including phenoxy) is 1. The van der Waals surface area contributed by atoms with Crippen molar-refractivity contribution in [3.63, 3.8) is 0 Å².